The van der Waals surface area contributed by atoms with Gasteiger partial charge in [-0.2, -0.15) is 0 Å². The van der Waals surface area contributed by atoms with Gasteiger partial charge in [0.15, 0.2) is 5.58 Å². The first kappa shape index (κ1) is 20.1. The third-order valence-corrected chi connectivity index (χ3v) is 6.81. The number of fused-ring (bicyclic) bond motifs is 1. The Labute approximate surface area is 185 Å². The lowest BCUT2D eigenvalue weighted by Crippen LogP contribution is -2.33. The van der Waals surface area contributed by atoms with Crippen molar-refractivity contribution in [3.63, 3.8) is 0 Å². The summed E-state index contributed by atoms with van der Waals surface area (Å²) < 4.78 is 6.76. The molecule has 0 bridgehead atoms. The van der Waals surface area contributed by atoms with Crippen molar-refractivity contribution < 1.29 is 14.1 Å². The van der Waals surface area contributed by atoms with Crippen molar-refractivity contribution in [2.45, 2.75) is 5.37 Å². The van der Waals surface area contributed by atoms with Crippen LogP contribution in [0.5, 0.6) is 0 Å². The molecule has 0 unspecified atom stereocenters. The Morgan fingerprint density at radius 1 is 1.24 bits per heavy atom. The van der Waals surface area contributed by atoms with Crippen LogP contribution in [0.1, 0.15) is 21.3 Å². The van der Waals surface area contributed by atoms with Gasteiger partial charge in [-0.15, -0.1) is 11.8 Å². The van der Waals surface area contributed by atoms with Crippen molar-refractivity contribution >= 4 is 66.2 Å². The van der Waals surface area contributed by atoms with Crippen LogP contribution in [-0.4, -0.2) is 28.0 Å². The number of nitro groups is 1. The van der Waals surface area contributed by atoms with Gasteiger partial charge >= 0.3 is 5.63 Å². The van der Waals surface area contributed by atoms with Gasteiger partial charge in [-0.05, 0) is 39.7 Å². The van der Waals surface area contributed by atoms with Crippen LogP contribution in [0.3, 0.4) is 0 Å². The molecule has 10 heteroatoms. The average Bonchev–Trinajstić information content (AvgIpc) is 3.17. The van der Waals surface area contributed by atoms with Crippen LogP contribution in [0.15, 0.2) is 60.6 Å². The van der Waals surface area contributed by atoms with Gasteiger partial charge in [0.2, 0.25) is 0 Å². The largest absolute Gasteiger partial charge is 0.421 e. The van der Waals surface area contributed by atoms with E-state index in [2.05, 4.69) is 31.9 Å². The number of benzene rings is 2. The second kappa shape index (κ2) is 7.92. The second-order valence-corrected chi connectivity index (χ2v) is 9.29. The Kier molecular flexibility index (Phi) is 5.50. The van der Waals surface area contributed by atoms with E-state index in [9.17, 15) is 19.7 Å². The highest BCUT2D eigenvalue weighted by atomic mass is 79.9. The highest BCUT2D eigenvalue weighted by Gasteiger charge is 2.33. The van der Waals surface area contributed by atoms with E-state index in [1.54, 1.807) is 29.2 Å². The Morgan fingerprint density at radius 3 is 2.79 bits per heavy atom. The number of nitro benzene ring substituents is 1. The molecule has 0 N–H and O–H groups in total. The molecule has 1 aliphatic heterocycles. The molecule has 1 amide bonds. The second-order valence-electron chi connectivity index (χ2n) is 6.33. The van der Waals surface area contributed by atoms with Crippen molar-refractivity contribution in [2.75, 3.05) is 12.3 Å². The molecule has 2 aromatic carbocycles. The van der Waals surface area contributed by atoms with Crippen LogP contribution in [0, 0.1) is 10.1 Å². The molecule has 1 aromatic heterocycles. The van der Waals surface area contributed by atoms with Gasteiger partial charge < -0.3 is 9.32 Å². The van der Waals surface area contributed by atoms with Crippen LogP contribution >= 0.6 is 43.6 Å². The molecule has 1 atom stereocenters. The van der Waals surface area contributed by atoms with Crippen molar-refractivity contribution in [1.29, 1.82) is 0 Å². The van der Waals surface area contributed by atoms with Gasteiger partial charge in [0.25, 0.3) is 11.6 Å². The molecule has 0 saturated carbocycles. The number of amides is 1. The number of non-ortho nitro benzene ring substituents is 1. The number of nitrogens with zero attached hydrogens (tertiary/aromatic N) is 2. The molecule has 1 fully saturated rings. The lowest BCUT2D eigenvalue weighted by Gasteiger charge is -2.23. The van der Waals surface area contributed by atoms with E-state index in [-0.39, 0.29) is 11.3 Å². The van der Waals surface area contributed by atoms with Gasteiger partial charge in [-0.3, -0.25) is 14.9 Å². The molecule has 1 saturated heterocycles. The Morgan fingerprint density at radius 2 is 2.03 bits per heavy atom. The average molecular weight is 540 g/mol. The van der Waals surface area contributed by atoms with Crippen LogP contribution in [0.4, 0.5) is 5.69 Å². The molecule has 4 rings (SSSR count). The molecule has 0 radical (unpaired) electrons. The minimum atomic E-state index is -0.722. The van der Waals surface area contributed by atoms with E-state index < -0.39 is 21.8 Å². The van der Waals surface area contributed by atoms with Crippen LogP contribution in [0.2, 0.25) is 0 Å². The third-order valence-electron chi connectivity index (χ3n) is 4.50. The maximum absolute atomic E-state index is 13.2. The normalized spacial score (nSPS) is 16.3. The van der Waals surface area contributed by atoms with Gasteiger partial charge in [0, 0.05) is 34.3 Å². The van der Waals surface area contributed by atoms with E-state index in [1.807, 2.05) is 0 Å². The van der Waals surface area contributed by atoms with Crippen LogP contribution < -0.4 is 5.63 Å². The van der Waals surface area contributed by atoms with E-state index in [1.165, 1.54) is 30.0 Å². The Balaban J connectivity index is 1.74. The number of hydrogen-bond acceptors (Lipinski definition) is 6. The summed E-state index contributed by atoms with van der Waals surface area (Å²) in [7, 11) is 0. The van der Waals surface area contributed by atoms with E-state index in [0.717, 1.165) is 4.47 Å². The number of rotatable bonds is 3. The fraction of sp³-hybridized carbons (Fsp3) is 0.158. The van der Waals surface area contributed by atoms with E-state index in [4.69, 9.17) is 4.42 Å². The molecular formula is C19H12Br2N2O5S. The van der Waals surface area contributed by atoms with Crippen LogP contribution in [0.25, 0.3) is 11.0 Å². The standard InChI is InChI=1S/C19H12Br2N2O5S/c20-12-6-11-8-14(19(25)28-16(11)15(21)9-12)17(24)22-4-5-29-18(22)10-2-1-3-13(7-10)23(26)27/h1-3,6-9,18H,4-5H2/t18-/m0/s1. The summed E-state index contributed by atoms with van der Waals surface area (Å²) in [5, 5.41) is 11.3. The molecule has 2 heterocycles. The topological polar surface area (TPSA) is 93.7 Å². The number of carbonyl (C=O) groups excluding carboxylic acids is 1. The third kappa shape index (κ3) is 3.84. The number of thioether (sulfide) groups is 1. The lowest BCUT2D eigenvalue weighted by atomic mass is 10.1. The van der Waals surface area contributed by atoms with Crippen molar-refractivity contribution in [2.24, 2.45) is 0 Å². The molecule has 29 heavy (non-hydrogen) atoms. The summed E-state index contributed by atoms with van der Waals surface area (Å²) in [6, 6.07) is 11.2. The molecule has 3 aromatic rings. The summed E-state index contributed by atoms with van der Waals surface area (Å²) in [6.07, 6.45) is 0. The lowest BCUT2D eigenvalue weighted by molar-refractivity contribution is -0.384. The van der Waals surface area contributed by atoms with Crippen LogP contribution in [-0.2, 0) is 0 Å². The first-order valence-electron chi connectivity index (χ1n) is 8.45. The first-order chi connectivity index (χ1) is 13.8. The minimum absolute atomic E-state index is 0.0395. The number of carbonyl (C=O) groups is 1. The van der Waals surface area contributed by atoms with Gasteiger partial charge in [-0.1, -0.05) is 28.1 Å². The minimum Gasteiger partial charge on any atom is -0.421 e. The highest BCUT2D eigenvalue weighted by Crippen LogP contribution is 2.39. The smallest absolute Gasteiger partial charge is 0.349 e. The summed E-state index contributed by atoms with van der Waals surface area (Å²) >= 11 is 8.23. The monoisotopic (exact) mass is 538 g/mol. The van der Waals surface area contributed by atoms with E-state index in [0.29, 0.717) is 33.3 Å². The van der Waals surface area contributed by atoms with Gasteiger partial charge in [0.1, 0.15) is 10.9 Å². The zero-order valence-corrected chi connectivity index (χ0v) is 18.6. The van der Waals surface area contributed by atoms with Gasteiger partial charge in [-0.25, -0.2) is 4.79 Å². The predicted molar refractivity (Wildman–Crippen MR) is 117 cm³/mol. The molecular weight excluding hydrogens is 528 g/mol. The molecule has 0 spiro atoms. The number of hydrogen-bond donors (Lipinski definition) is 0. The fourth-order valence-electron chi connectivity index (χ4n) is 3.21. The molecule has 7 nitrogen and oxygen atoms in total. The maximum atomic E-state index is 13.2. The summed E-state index contributed by atoms with van der Waals surface area (Å²) in [5.74, 6) is 0.202. The van der Waals surface area contributed by atoms with Crippen molar-refractivity contribution in [3.8, 4) is 0 Å². The fourth-order valence-corrected chi connectivity index (χ4v) is 5.79. The van der Waals surface area contributed by atoms with Crippen molar-refractivity contribution in [1.82, 2.24) is 4.90 Å². The van der Waals surface area contributed by atoms with Gasteiger partial charge in [0.05, 0.1) is 9.40 Å². The zero-order valence-electron chi connectivity index (χ0n) is 14.6. The number of halogens is 2. The SMILES string of the molecule is O=C(c1cc2cc(Br)cc(Br)c2oc1=O)N1CCS[C@H]1c1cccc([N+](=O)[O-])c1. The molecule has 1 aliphatic rings. The van der Waals surface area contributed by atoms with E-state index >= 15 is 0 Å². The summed E-state index contributed by atoms with van der Waals surface area (Å²) in [4.78, 5) is 37.9. The molecule has 0 aliphatic carbocycles. The predicted octanol–water partition coefficient (Wildman–Crippen LogP) is 5.11. The summed E-state index contributed by atoms with van der Waals surface area (Å²) in [5.41, 5.74) is 0.175. The Hall–Kier alpha value is -2.17. The summed E-state index contributed by atoms with van der Waals surface area (Å²) in [6.45, 7) is 0.427. The first-order valence-corrected chi connectivity index (χ1v) is 11.1. The van der Waals surface area contributed by atoms with Crippen molar-refractivity contribution in [3.05, 3.63) is 83.1 Å². The molecule has 148 valence electrons. The maximum Gasteiger partial charge on any atom is 0.349 e. The quantitative estimate of drug-likeness (QED) is 0.261. The zero-order chi connectivity index (χ0) is 20.7. The highest BCUT2D eigenvalue weighted by molar-refractivity contribution is 9.11. The Bertz CT molecular complexity index is 1210.